The number of urea groups is 1. The van der Waals surface area contributed by atoms with Gasteiger partial charge >= 0.3 is 12.0 Å². The molecule has 6 nitrogen and oxygen atoms in total. The Labute approximate surface area is 117 Å². The fourth-order valence-electron chi connectivity index (χ4n) is 1.91. The number of nitrogens with zero attached hydrogens (tertiary/aromatic N) is 1. The molecule has 1 fully saturated rings. The summed E-state index contributed by atoms with van der Waals surface area (Å²) in [5.74, 6) is -0.387. The van der Waals surface area contributed by atoms with Crippen LogP contribution in [0.4, 0.5) is 16.2 Å². The summed E-state index contributed by atoms with van der Waals surface area (Å²) in [5, 5.41) is 2.75. The number of esters is 1. The summed E-state index contributed by atoms with van der Waals surface area (Å²) in [6, 6.07) is 6.76. The van der Waals surface area contributed by atoms with Gasteiger partial charge in [0.1, 0.15) is 6.54 Å². The number of amides is 2. The molecule has 1 aromatic carbocycles. The minimum absolute atomic E-state index is 0.0212. The fraction of sp³-hybridized carbons (Fsp3) is 0.429. The number of rotatable bonds is 5. The Morgan fingerprint density at radius 3 is 2.80 bits per heavy atom. The lowest BCUT2D eigenvalue weighted by Crippen LogP contribution is -2.40. The highest BCUT2D eigenvalue weighted by atomic mass is 16.5. The van der Waals surface area contributed by atoms with Crippen LogP contribution in [0.2, 0.25) is 0 Å². The van der Waals surface area contributed by atoms with E-state index in [1.807, 2.05) is 0 Å². The number of carbonyl (C=O) groups excluding carboxylic acids is 2. The average molecular weight is 277 g/mol. The van der Waals surface area contributed by atoms with Gasteiger partial charge in [-0.3, -0.25) is 4.79 Å². The SMILES string of the molecule is CCOC(=O)CN(C(=O)Nc1cccc(N)c1)C1CC1. The molecule has 0 heterocycles. The quantitative estimate of drug-likeness (QED) is 0.635. The maximum Gasteiger partial charge on any atom is 0.325 e. The summed E-state index contributed by atoms with van der Waals surface area (Å²) in [6.07, 6.45) is 1.84. The van der Waals surface area contributed by atoms with Gasteiger partial charge in [-0.05, 0) is 38.0 Å². The Balaban J connectivity index is 1.98. The van der Waals surface area contributed by atoms with Crippen molar-refractivity contribution in [2.45, 2.75) is 25.8 Å². The van der Waals surface area contributed by atoms with Crippen LogP contribution >= 0.6 is 0 Å². The van der Waals surface area contributed by atoms with Crippen LogP contribution in [0.15, 0.2) is 24.3 Å². The molecule has 0 spiro atoms. The fourth-order valence-corrected chi connectivity index (χ4v) is 1.91. The highest BCUT2D eigenvalue weighted by Crippen LogP contribution is 2.27. The van der Waals surface area contributed by atoms with Gasteiger partial charge in [0.15, 0.2) is 0 Å². The molecule has 0 unspecified atom stereocenters. The van der Waals surface area contributed by atoms with Crippen molar-refractivity contribution in [2.24, 2.45) is 0 Å². The summed E-state index contributed by atoms with van der Waals surface area (Å²) in [6.45, 7) is 2.03. The van der Waals surface area contributed by atoms with Crippen LogP contribution in [-0.2, 0) is 9.53 Å². The third-order valence-electron chi connectivity index (χ3n) is 2.99. The smallest absolute Gasteiger partial charge is 0.325 e. The number of ether oxygens (including phenoxy) is 1. The zero-order chi connectivity index (χ0) is 14.5. The predicted molar refractivity (Wildman–Crippen MR) is 76.2 cm³/mol. The van der Waals surface area contributed by atoms with Gasteiger partial charge in [-0.25, -0.2) is 4.79 Å². The van der Waals surface area contributed by atoms with Gasteiger partial charge in [-0.1, -0.05) is 6.07 Å². The second-order valence-corrected chi connectivity index (χ2v) is 4.72. The van der Waals surface area contributed by atoms with E-state index in [2.05, 4.69) is 5.32 Å². The number of anilines is 2. The van der Waals surface area contributed by atoms with E-state index in [1.165, 1.54) is 4.90 Å². The Morgan fingerprint density at radius 1 is 1.45 bits per heavy atom. The van der Waals surface area contributed by atoms with Crippen molar-refractivity contribution in [1.82, 2.24) is 4.90 Å². The molecule has 0 saturated heterocycles. The van der Waals surface area contributed by atoms with Crippen molar-refractivity contribution < 1.29 is 14.3 Å². The van der Waals surface area contributed by atoms with Gasteiger partial charge < -0.3 is 20.7 Å². The molecule has 0 bridgehead atoms. The summed E-state index contributed by atoms with van der Waals surface area (Å²) < 4.78 is 4.89. The molecule has 0 aliphatic heterocycles. The molecular weight excluding hydrogens is 258 g/mol. The van der Waals surface area contributed by atoms with E-state index < -0.39 is 0 Å². The van der Waals surface area contributed by atoms with Crippen LogP contribution in [0.25, 0.3) is 0 Å². The maximum atomic E-state index is 12.2. The largest absolute Gasteiger partial charge is 0.465 e. The highest BCUT2D eigenvalue weighted by molar-refractivity contribution is 5.92. The van der Waals surface area contributed by atoms with Crippen molar-refractivity contribution >= 4 is 23.4 Å². The van der Waals surface area contributed by atoms with Crippen molar-refractivity contribution in [2.75, 3.05) is 24.2 Å². The van der Waals surface area contributed by atoms with Crippen LogP contribution < -0.4 is 11.1 Å². The van der Waals surface area contributed by atoms with Crippen molar-refractivity contribution in [3.63, 3.8) is 0 Å². The zero-order valence-corrected chi connectivity index (χ0v) is 11.5. The number of hydrogen-bond acceptors (Lipinski definition) is 4. The normalized spacial score (nSPS) is 13.7. The van der Waals surface area contributed by atoms with Gasteiger partial charge in [0.2, 0.25) is 0 Å². The van der Waals surface area contributed by atoms with E-state index in [9.17, 15) is 9.59 Å². The first kappa shape index (κ1) is 14.2. The third-order valence-corrected chi connectivity index (χ3v) is 2.99. The molecule has 2 amide bonds. The molecule has 20 heavy (non-hydrogen) atoms. The molecule has 1 aliphatic rings. The predicted octanol–water partition coefficient (Wildman–Crippen LogP) is 1.83. The number of carbonyl (C=O) groups is 2. The minimum atomic E-state index is -0.387. The van der Waals surface area contributed by atoms with Crippen molar-refractivity contribution in [1.29, 1.82) is 0 Å². The van der Waals surface area contributed by atoms with E-state index in [-0.39, 0.29) is 24.6 Å². The Hall–Kier alpha value is -2.24. The molecule has 3 N–H and O–H groups in total. The molecule has 0 radical (unpaired) electrons. The minimum Gasteiger partial charge on any atom is -0.465 e. The van der Waals surface area contributed by atoms with Gasteiger partial charge in [-0.2, -0.15) is 0 Å². The first-order valence-electron chi connectivity index (χ1n) is 6.69. The molecule has 1 aliphatic carbocycles. The lowest BCUT2D eigenvalue weighted by atomic mass is 10.3. The van der Waals surface area contributed by atoms with Crippen molar-refractivity contribution in [3.8, 4) is 0 Å². The maximum absolute atomic E-state index is 12.2. The zero-order valence-electron chi connectivity index (χ0n) is 11.5. The summed E-state index contributed by atoms with van der Waals surface area (Å²) >= 11 is 0. The van der Waals surface area contributed by atoms with Crippen LogP contribution in [0.1, 0.15) is 19.8 Å². The topological polar surface area (TPSA) is 84.7 Å². The van der Waals surface area contributed by atoms with Crippen LogP contribution in [0.5, 0.6) is 0 Å². The molecule has 0 atom stereocenters. The van der Waals surface area contributed by atoms with E-state index >= 15 is 0 Å². The summed E-state index contributed by atoms with van der Waals surface area (Å²) in [7, 11) is 0. The Kier molecular flexibility index (Phi) is 4.45. The molecular formula is C14H19N3O3. The number of nitrogens with one attached hydrogen (secondary N) is 1. The second kappa shape index (κ2) is 6.27. The standard InChI is InChI=1S/C14H19N3O3/c1-2-20-13(18)9-17(12-6-7-12)14(19)16-11-5-3-4-10(15)8-11/h3-5,8,12H,2,6-7,9,15H2,1H3,(H,16,19). The Morgan fingerprint density at radius 2 is 2.20 bits per heavy atom. The van der Waals surface area contributed by atoms with Crippen molar-refractivity contribution in [3.05, 3.63) is 24.3 Å². The average Bonchev–Trinajstić information content (AvgIpc) is 3.20. The first-order valence-corrected chi connectivity index (χ1v) is 6.69. The van der Waals surface area contributed by atoms with E-state index in [0.717, 1.165) is 12.8 Å². The summed E-state index contributed by atoms with van der Waals surface area (Å²) in [5.41, 5.74) is 6.85. The molecule has 6 heteroatoms. The van der Waals surface area contributed by atoms with E-state index in [4.69, 9.17) is 10.5 Å². The van der Waals surface area contributed by atoms with E-state index in [0.29, 0.717) is 18.0 Å². The second-order valence-electron chi connectivity index (χ2n) is 4.72. The monoisotopic (exact) mass is 277 g/mol. The first-order chi connectivity index (χ1) is 9.60. The third kappa shape index (κ3) is 3.88. The molecule has 1 aromatic rings. The van der Waals surface area contributed by atoms with Gasteiger partial charge in [0, 0.05) is 17.4 Å². The van der Waals surface area contributed by atoms with Crippen LogP contribution in [-0.4, -0.2) is 36.1 Å². The lowest BCUT2D eigenvalue weighted by molar-refractivity contribution is -0.143. The van der Waals surface area contributed by atoms with E-state index in [1.54, 1.807) is 31.2 Å². The van der Waals surface area contributed by atoms with Crippen LogP contribution in [0, 0.1) is 0 Å². The molecule has 2 rings (SSSR count). The Bertz CT molecular complexity index is 500. The molecule has 0 aromatic heterocycles. The number of benzene rings is 1. The number of hydrogen-bond donors (Lipinski definition) is 2. The summed E-state index contributed by atoms with van der Waals surface area (Å²) in [4.78, 5) is 25.3. The lowest BCUT2D eigenvalue weighted by Gasteiger charge is -2.21. The van der Waals surface area contributed by atoms with Crippen LogP contribution in [0.3, 0.4) is 0 Å². The number of nitrogen functional groups attached to an aromatic ring is 1. The highest BCUT2D eigenvalue weighted by Gasteiger charge is 2.34. The van der Waals surface area contributed by atoms with Gasteiger partial charge in [0.25, 0.3) is 0 Å². The number of nitrogens with two attached hydrogens (primary N) is 1. The molecule has 1 saturated carbocycles. The van der Waals surface area contributed by atoms with Gasteiger partial charge in [0.05, 0.1) is 6.61 Å². The molecule has 108 valence electrons. The van der Waals surface area contributed by atoms with Gasteiger partial charge in [-0.15, -0.1) is 0 Å².